The molecule has 8 rings (SSSR count). The van der Waals surface area contributed by atoms with Crippen LogP contribution in [0.25, 0.3) is 71.6 Å². The van der Waals surface area contributed by atoms with Gasteiger partial charge in [-0.15, -0.1) is 0 Å². The highest BCUT2D eigenvalue weighted by Gasteiger charge is 2.15. The van der Waals surface area contributed by atoms with Crippen LogP contribution in [-0.4, -0.2) is 4.57 Å². The van der Waals surface area contributed by atoms with E-state index < -0.39 is 0 Å². The molecule has 2 heteroatoms. The standard InChI is InChI=1S/C40H26BrN/c41-35-20-21-40-38(26-35)37-12-6-7-13-39(37)42(40)36-24-33(30-16-14-29(15-17-30)27-8-2-1-3-9-27)23-34(25-36)32-19-18-28-10-4-5-11-31(28)22-32/h1-26H. The molecule has 0 fully saturated rings. The summed E-state index contributed by atoms with van der Waals surface area (Å²) in [5, 5.41) is 4.99. The number of para-hydroxylation sites is 1. The van der Waals surface area contributed by atoms with Crippen LogP contribution in [0.4, 0.5) is 0 Å². The summed E-state index contributed by atoms with van der Waals surface area (Å²) in [7, 11) is 0. The summed E-state index contributed by atoms with van der Waals surface area (Å²) in [5.41, 5.74) is 10.8. The maximum atomic E-state index is 3.70. The molecule has 0 spiro atoms. The Kier molecular flexibility index (Phi) is 6.01. The van der Waals surface area contributed by atoms with E-state index in [-0.39, 0.29) is 0 Å². The van der Waals surface area contributed by atoms with E-state index >= 15 is 0 Å². The number of rotatable bonds is 4. The monoisotopic (exact) mass is 599 g/mol. The van der Waals surface area contributed by atoms with Gasteiger partial charge in [0.05, 0.1) is 11.0 Å². The zero-order valence-electron chi connectivity index (χ0n) is 22.8. The predicted octanol–water partition coefficient (Wildman–Crippen LogP) is 11.7. The number of benzene rings is 7. The van der Waals surface area contributed by atoms with Crippen molar-refractivity contribution in [2.24, 2.45) is 0 Å². The van der Waals surface area contributed by atoms with Crippen LogP contribution in [0.2, 0.25) is 0 Å². The smallest absolute Gasteiger partial charge is 0.0541 e. The molecule has 0 amide bonds. The zero-order valence-corrected chi connectivity index (χ0v) is 24.4. The number of hydrogen-bond donors (Lipinski definition) is 0. The largest absolute Gasteiger partial charge is 0.309 e. The molecule has 1 heterocycles. The van der Waals surface area contributed by atoms with Crippen LogP contribution in [0.1, 0.15) is 0 Å². The molecule has 0 N–H and O–H groups in total. The van der Waals surface area contributed by atoms with Gasteiger partial charge >= 0.3 is 0 Å². The van der Waals surface area contributed by atoms with Crippen molar-refractivity contribution in [2.45, 2.75) is 0 Å². The quantitative estimate of drug-likeness (QED) is 0.189. The van der Waals surface area contributed by atoms with Crippen molar-refractivity contribution in [2.75, 3.05) is 0 Å². The Hall–Kier alpha value is -4.92. The summed E-state index contributed by atoms with van der Waals surface area (Å²) in [6.07, 6.45) is 0. The normalized spacial score (nSPS) is 11.5. The van der Waals surface area contributed by atoms with Gasteiger partial charge in [0, 0.05) is 20.9 Å². The lowest BCUT2D eigenvalue weighted by molar-refractivity contribution is 1.18. The van der Waals surface area contributed by atoms with Crippen molar-refractivity contribution in [1.29, 1.82) is 0 Å². The Morgan fingerprint density at radius 3 is 1.76 bits per heavy atom. The first-order valence-electron chi connectivity index (χ1n) is 14.2. The van der Waals surface area contributed by atoms with Crippen molar-refractivity contribution >= 4 is 48.5 Å². The molecule has 0 saturated carbocycles. The van der Waals surface area contributed by atoms with Gasteiger partial charge in [-0.1, -0.05) is 125 Å². The Labute approximate surface area is 253 Å². The second-order valence-electron chi connectivity index (χ2n) is 10.8. The summed E-state index contributed by atoms with van der Waals surface area (Å²) >= 11 is 3.70. The van der Waals surface area contributed by atoms with Crippen molar-refractivity contribution in [3.63, 3.8) is 0 Å². The van der Waals surface area contributed by atoms with Gasteiger partial charge in [0.25, 0.3) is 0 Å². The van der Waals surface area contributed by atoms with Gasteiger partial charge in [0.2, 0.25) is 0 Å². The summed E-state index contributed by atoms with van der Waals surface area (Å²) in [6, 6.07) is 57.1. The molecule has 0 unspecified atom stereocenters. The molecule has 8 aromatic rings. The molecule has 0 aliphatic carbocycles. The fourth-order valence-corrected chi connectivity index (χ4v) is 6.51. The maximum absolute atomic E-state index is 3.70. The van der Waals surface area contributed by atoms with Crippen LogP contribution in [0.3, 0.4) is 0 Å². The van der Waals surface area contributed by atoms with Gasteiger partial charge < -0.3 is 4.57 Å². The summed E-state index contributed by atoms with van der Waals surface area (Å²) in [5.74, 6) is 0. The van der Waals surface area contributed by atoms with Gasteiger partial charge in [-0.05, 0) is 92.7 Å². The van der Waals surface area contributed by atoms with Crippen LogP contribution in [0.5, 0.6) is 0 Å². The van der Waals surface area contributed by atoms with Gasteiger partial charge in [-0.25, -0.2) is 0 Å². The van der Waals surface area contributed by atoms with E-state index in [1.165, 1.54) is 66.0 Å². The van der Waals surface area contributed by atoms with Crippen molar-refractivity contribution in [1.82, 2.24) is 4.57 Å². The molecule has 42 heavy (non-hydrogen) atoms. The molecule has 0 atom stereocenters. The average molecular weight is 601 g/mol. The van der Waals surface area contributed by atoms with E-state index in [0.29, 0.717) is 0 Å². The first-order valence-corrected chi connectivity index (χ1v) is 15.0. The number of fused-ring (bicyclic) bond motifs is 4. The van der Waals surface area contributed by atoms with Crippen LogP contribution in [0, 0.1) is 0 Å². The highest BCUT2D eigenvalue weighted by Crippen LogP contribution is 2.38. The third-order valence-electron chi connectivity index (χ3n) is 8.22. The van der Waals surface area contributed by atoms with Crippen molar-refractivity contribution in [3.05, 3.63) is 162 Å². The minimum Gasteiger partial charge on any atom is -0.309 e. The molecule has 0 bridgehead atoms. The molecule has 0 aliphatic rings. The molecular formula is C40H26BrN. The first kappa shape index (κ1) is 24.8. The molecule has 1 nitrogen and oxygen atoms in total. The molecule has 1 aromatic heterocycles. The van der Waals surface area contributed by atoms with Gasteiger partial charge in [-0.2, -0.15) is 0 Å². The van der Waals surface area contributed by atoms with Crippen LogP contribution < -0.4 is 0 Å². The topological polar surface area (TPSA) is 4.93 Å². The van der Waals surface area contributed by atoms with Crippen LogP contribution >= 0.6 is 15.9 Å². The minimum atomic E-state index is 1.09. The third-order valence-corrected chi connectivity index (χ3v) is 8.71. The second-order valence-corrected chi connectivity index (χ2v) is 11.7. The fourth-order valence-electron chi connectivity index (χ4n) is 6.15. The lowest BCUT2D eigenvalue weighted by Crippen LogP contribution is -1.96. The fraction of sp³-hybridized carbons (Fsp3) is 0. The summed E-state index contributed by atoms with van der Waals surface area (Å²) in [6.45, 7) is 0. The van der Waals surface area contributed by atoms with Gasteiger partial charge in [0.1, 0.15) is 0 Å². The number of halogens is 1. The lowest BCUT2D eigenvalue weighted by Gasteiger charge is -2.15. The van der Waals surface area contributed by atoms with Gasteiger partial charge in [-0.3, -0.25) is 0 Å². The number of aromatic nitrogens is 1. The van der Waals surface area contributed by atoms with E-state index in [1.807, 2.05) is 0 Å². The summed E-state index contributed by atoms with van der Waals surface area (Å²) in [4.78, 5) is 0. The Bertz CT molecular complexity index is 2240. The molecule has 0 radical (unpaired) electrons. The highest BCUT2D eigenvalue weighted by atomic mass is 79.9. The van der Waals surface area contributed by atoms with Crippen molar-refractivity contribution < 1.29 is 0 Å². The third kappa shape index (κ3) is 4.32. The van der Waals surface area contributed by atoms with E-state index in [0.717, 1.165) is 10.2 Å². The van der Waals surface area contributed by atoms with E-state index in [4.69, 9.17) is 0 Å². The molecule has 198 valence electrons. The minimum absolute atomic E-state index is 1.09. The maximum Gasteiger partial charge on any atom is 0.0541 e. The Morgan fingerprint density at radius 2 is 0.952 bits per heavy atom. The number of nitrogens with zero attached hydrogens (tertiary/aromatic N) is 1. The SMILES string of the molecule is Brc1ccc2c(c1)c1ccccc1n2-c1cc(-c2ccc(-c3ccccc3)cc2)cc(-c2ccc3ccccc3c2)c1. The second kappa shape index (κ2) is 10.2. The average Bonchev–Trinajstić information content (AvgIpc) is 3.38. The Balaban J connectivity index is 1.36. The molecule has 0 saturated heterocycles. The predicted molar refractivity (Wildman–Crippen MR) is 182 cm³/mol. The lowest BCUT2D eigenvalue weighted by atomic mass is 9.95. The Morgan fingerprint density at radius 1 is 0.357 bits per heavy atom. The molecular weight excluding hydrogens is 574 g/mol. The van der Waals surface area contributed by atoms with Crippen LogP contribution in [-0.2, 0) is 0 Å². The molecule has 7 aromatic carbocycles. The van der Waals surface area contributed by atoms with Gasteiger partial charge in [0.15, 0.2) is 0 Å². The number of hydrogen-bond acceptors (Lipinski definition) is 0. The van der Waals surface area contributed by atoms with Crippen molar-refractivity contribution in [3.8, 4) is 39.1 Å². The first-order chi connectivity index (χ1) is 20.7. The highest BCUT2D eigenvalue weighted by molar-refractivity contribution is 9.10. The van der Waals surface area contributed by atoms with E-state index in [1.54, 1.807) is 0 Å². The van der Waals surface area contributed by atoms with E-state index in [2.05, 4.69) is 178 Å². The molecule has 0 aliphatic heterocycles. The van der Waals surface area contributed by atoms with E-state index in [9.17, 15) is 0 Å². The van der Waals surface area contributed by atoms with Crippen LogP contribution in [0.15, 0.2) is 162 Å². The summed E-state index contributed by atoms with van der Waals surface area (Å²) < 4.78 is 3.49. The zero-order chi connectivity index (χ0) is 28.0.